The maximum Gasteiger partial charge on any atom is 0.159 e. The first-order chi connectivity index (χ1) is 11.7. The van der Waals surface area contributed by atoms with Crippen LogP contribution >= 0.6 is 15.9 Å². The minimum atomic E-state index is 0.475. The normalized spacial score (nSPS) is 10.4. The molecule has 0 amide bonds. The zero-order chi connectivity index (χ0) is 16.9. The van der Waals surface area contributed by atoms with Gasteiger partial charge in [-0.05, 0) is 36.2 Å². The van der Waals surface area contributed by atoms with Crippen molar-refractivity contribution in [1.82, 2.24) is 9.97 Å². The van der Waals surface area contributed by atoms with Crippen LogP contribution in [-0.4, -0.2) is 9.97 Å². The summed E-state index contributed by atoms with van der Waals surface area (Å²) in [4.78, 5) is 8.52. The predicted molar refractivity (Wildman–Crippen MR) is 103 cm³/mol. The Morgan fingerprint density at radius 3 is 2.50 bits per heavy atom. The number of hydrogen-bond acceptors (Lipinski definition) is 5. The van der Waals surface area contributed by atoms with Crippen molar-refractivity contribution >= 4 is 44.6 Å². The molecule has 0 radical (unpaired) electrons. The van der Waals surface area contributed by atoms with Crippen molar-refractivity contribution in [3.63, 3.8) is 0 Å². The molecule has 0 saturated heterocycles. The van der Waals surface area contributed by atoms with E-state index >= 15 is 0 Å². The molecule has 1 aromatic heterocycles. The Balaban J connectivity index is 1.88. The first-order valence-electron chi connectivity index (χ1n) is 7.65. The van der Waals surface area contributed by atoms with E-state index in [0.29, 0.717) is 17.3 Å². The van der Waals surface area contributed by atoms with E-state index in [4.69, 9.17) is 5.73 Å². The molecule has 2 aromatic carbocycles. The van der Waals surface area contributed by atoms with Gasteiger partial charge in [-0.15, -0.1) is 0 Å². The number of halogens is 1. The number of anilines is 5. The summed E-state index contributed by atoms with van der Waals surface area (Å²) in [5.41, 5.74) is 9.82. The monoisotopic (exact) mass is 383 g/mol. The number of para-hydroxylation sites is 1. The van der Waals surface area contributed by atoms with Crippen molar-refractivity contribution in [2.75, 3.05) is 16.4 Å². The number of benzene rings is 2. The fourth-order valence-corrected chi connectivity index (χ4v) is 2.78. The summed E-state index contributed by atoms with van der Waals surface area (Å²) in [5, 5.41) is 6.53. The summed E-state index contributed by atoms with van der Waals surface area (Å²) >= 11 is 3.45. The van der Waals surface area contributed by atoms with Gasteiger partial charge >= 0.3 is 0 Å². The summed E-state index contributed by atoms with van der Waals surface area (Å²) in [7, 11) is 0. The van der Waals surface area contributed by atoms with Crippen LogP contribution in [0.5, 0.6) is 0 Å². The Kier molecular flexibility index (Phi) is 4.96. The van der Waals surface area contributed by atoms with Crippen LogP contribution in [0.4, 0.5) is 28.7 Å². The lowest BCUT2D eigenvalue weighted by molar-refractivity contribution is 1.13. The molecule has 5 nitrogen and oxygen atoms in total. The van der Waals surface area contributed by atoms with Crippen LogP contribution in [-0.2, 0) is 6.42 Å². The molecule has 0 saturated carbocycles. The third kappa shape index (κ3) is 3.65. The molecule has 3 rings (SSSR count). The van der Waals surface area contributed by atoms with Gasteiger partial charge in [-0.25, -0.2) is 9.97 Å². The number of nitrogen functional groups attached to an aromatic ring is 1. The molecule has 122 valence electrons. The smallest absolute Gasteiger partial charge is 0.159 e. The van der Waals surface area contributed by atoms with Crippen LogP contribution in [0.15, 0.2) is 59.3 Å². The highest BCUT2D eigenvalue weighted by molar-refractivity contribution is 9.10. The summed E-state index contributed by atoms with van der Waals surface area (Å²) in [6.07, 6.45) is 2.42. The van der Waals surface area contributed by atoms with E-state index in [1.54, 1.807) is 0 Å². The van der Waals surface area contributed by atoms with Crippen molar-refractivity contribution in [3.05, 3.63) is 64.9 Å². The van der Waals surface area contributed by atoms with Crippen molar-refractivity contribution in [1.29, 1.82) is 0 Å². The topological polar surface area (TPSA) is 75.9 Å². The van der Waals surface area contributed by atoms with Crippen LogP contribution in [0.1, 0.15) is 12.5 Å². The van der Waals surface area contributed by atoms with E-state index in [1.165, 1.54) is 11.9 Å². The number of aryl methyl sites for hydroxylation is 1. The van der Waals surface area contributed by atoms with Crippen LogP contribution in [0.2, 0.25) is 0 Å². The highest BCUT2D eigenvalue weighted by Crippen LogP contribution is 2.29. The first kappa shape index (κ1) is 16.3. The first-order valence-corrected chi connectivity index (χ1v) is 8.44. The number of nitrogens with one attached hydrogen (secondary N) is 2. The van der Waals surface area contributed by atoms with E-state index in [1.807, 2.05) is 42.5 Å². The van der Waals surface area contributed by atoms with E-state index in [9.17, 15) is 0 Å². The van der Waals surface area contributed by atoms with Gasteiger partial charge in [0.2, 0.25) is 0 Å². The van der Waals surface area contributed by atoms with E-state index in [0.717, 1.165) is 22.3 Å². The Bertz CT molecular complexity index is 850. The molecule has 4 N–H and O–H groups in total. The Hall–Kier alpha value is -2.60. The third-order valence-electron chi connectivity index (χ3n) is 3.62. The van der Waals surface area contributed by atoms with Gasteiger partial charge in [0.05, 0.1) is 0 Å². The van der Waals surface area contributed by atoms with Gasteiger partial charge < -0.3 is 16.4 Å². The second kappa shape index (κ2) is 7.31. The second-order valence-corrected chi connectivity index (χ2v) is 6.17. The lowest BCUT2D eigenvalue weighted by Gasteiger charge is -2.14. The zero-order valence-electron chi connectivity index (χ0n) is 13.3. The maximum atomic E-state index is 6.25. The van der Waals surface area contributed by atoms with Crippen LogP contribution in [0, 0.1) is 0 Å². The second-order valence-electron chi connectivity index (χ2n) is 5.26. The molecule has 0 aliphatic rings. The average Bonchev–Trinajstić information content (AvgIpc) is 2.59. The largest absolute Gasteiger partial charge is 0.393 e. The summed E-state index contributed by atoms with van der Waals surface area (Å²) in [6, 6.07) is 15.9. The van der Waals surface area contributed by atoms with Crippen LogP contribution < -0.4 is 16.4 Å². The molecule has 0 atom stereocenters. The molecular weight excluding hydrogens is 366 g/mol. The number of hydrogen-bond donors (Lipinski definition) is 3. The number of aromatic nitrogens is 2. The molecule has 3 aromatic rings. The Labute approximate surface area is 149 Å². The van der Waals surface area contributed by atoms with Crippen LogP contribution in [0.25, 0.3) is 0 Å². The lowest BCUT2D eigenvalue weighted by Crippen LogP contribution is -2.06. The standard InChI is InChI=1S/C18H18BrN5/c1-2-12-6-3-4-9-15(12)24-18-16(20)17(21-11-22-18)23-14-8-5-7-13(19)10-14/h3-11H,2,20H2,1H3,(H2,21,22,23,24). The molecule has 0 aliphatic carbocycles. The number of nitrogens with zero attached hydrogens (tertiary/aromatic N) is 2. The van der Waals surface area contributed by atoms with Gasteiger partial charge in [0.1, 0.15) is 12.0 Å². The SMILES string of the molecule is CCc1ccccc1Nc1ncnc(Nc2cccc(Br)c2)c1N. The average molecular weight is 384 g/mol. The number of rotatable bonds is 5. The highest BCUT2D eigenvalue weighted by atomic mass is 79.9. The molecule has 0 bridgehead atoms. The molecule has 0 aliphatic heterocycles. The predicted octanol–water partition coefficient (Wildman–Crippen LogP) is 4.87. The number of nitrogens with two attached hydrogens (primary N) is 1. The molecule has 1 heterocycles. The molecule has 0 spiro atoms. The van der Waals surface area contributed by atoms with Gasteiger partial charge in [-0.1, -0.05) is 47.1 Å². The molecule has 0 fully saturated rings. The van der Waals surface area contributed by atoms with Gasteiger partial charge in [0, 0.05) is 15.8 Å². The maximum absolute atomic E-state index is 6.25. The van der Waals surface area contributed by atoms with Crippen molar-refractivity contribution in [3.8, 4) is 0 Å². The fraction of sp³-hybridized carbons (Fsp3) is 0.111. The summed E-state index contributed by atoms with van der Waals surface area (Å²) in [6.45, 7) is 2.12. The zero-order valence-corrected chi connectivity index (χ0v) is 14.8. The van der Waals surface area contributed by atoms with Gasteiger partial charge in [-0.3, -0.25) is 0 Å². The summed E-state index contributed by atoms with van der Waals surface area (Å²) < 4.78 is 0.982. The minimum Gasteiger partial charge on any atom is -0.393 e. The van der Waals surface area contributed by atoms with Gasteiger partial charge in [0.15, 0.2) is 11.6 Å². The molecule has 24 heavy (non-hydrogen) atoms. The summed E-state index contributed by atoms with van der Waals surface area (Å²) in [5.74, 6) is 1.16. The van der Waals surface area contributed by atoms with Gasteiger partial charge in [0.25, 0.3) is 0 Å². The van der Waals surface area contributed by atoms with Crippen LogP contribution in [0.3, 0.4) is 0 Å². The minimum absolute atomic E-state index is 0.475. The van der Waals surface area contributed by atoms with E-state index < -0.39 is 0 Å². The van der Waals surface area contributed by atoms with Crippen molar-refractivity contribution in [2.24, 2.45) is 0 Å². The fourth-order valence-electron chi connectivity index (χ4n) is 2.38. The molecule has 6 heteroatoms. The quantitative estimate of drug-likeness (QED) is 0.585. The van der Waals surface area contributed by atoms with Gasteiger partial charge in [-0.2, -0.15) is 0 Å². The lowest BCUT2D eigenvalue weighted by atomic mass is 10.1. The van der Waals surface area contributed by atoms with Crippen molar-refractivity contribution < 1.29 is 0 Å². The third-order valence-corrected chi connectivity index (χ3v) is 4.12. The molecular formula is C18H18BrN5. The van der Waals surface area contributed by atoms with E-state index in [-0.39, 0.29) is 0 Å². The van der Waals surface area contributed by atoms with E-state index in [2.05, 4.69) is 49.5 Å². The Morgan fingerprint density at radius 1 is 1.00 bits per heavy atom. The molecule has 0 unspecified atom stereocenters. The highest BCUT2D eigenvalue weighted by Gasteiger charge is 2.10. The Morgan fingerprint density at radius 2 is 1.75 bits per heavy atom. The van der Waals surface area contributed by atoms with Crippen molar-refractivity contribution in [2.45, 2.75) is 13.3 Å².